The summed E-state index contributed by atoms with van der Waals surface area (Å²) in [5.41, 5.74) is 0.907. The van der Waals surface area contributed by atoms with Gasteiger partial charge in [0.1, 0.15) is 5.76 Å². The molecule has 0 spiro atoms. The highest BCUT2D eigenvalue weighted by Gasteiger charge is 2.36. The van der Waals surface area contributed by atoms with Crippen LogP contribution in [-0.2, 0) is 9.53 Å². The van der Waals surface area contributed by atoms with Gasteiger partial charge in [0.2, 0.25) is 0 Å². The van der Waals surface area contributed by atoms with Crippen LogP contribution in [0, 0.1) is 5.92 Å². The Morgan fingerprint density at radius 3 is 2.32 bits per heavy atom. The molecule has 2 rings (SSSR count). The Morgan fingerprint density at radius 1 is 1.00 bits per heavy atom. The summed E-state index contributed by atoms with van der Waals surface area (Å²) in [6.45, 7) is 2.91. The Kier molecular flexibility index (Phi) is 7.44. The van der Waals surface area contributed by atoms with Crippen LogP contribution in [0.5, 0.6) is 0 Å². The zero-order valence-electron chi connectivity index (χ0n) is 14.1. The van der Waals surface area contributed by atoms with Crippen LogP contribution >= 0.6 is 0 Å². The predicted octanol–water partition coefficient (Wildman–Crippen LogP) is 4.53. The Labute approximate surface area is 135 Å². The second-order valence-corrected chi connectivity index (χ2v) is 6.95. The Morgan fingerprint density at radius 2 is 1.64 bits per heavy atom. The first kappa shape index (κ1) is 17.5. The summed E-state index contributed by atoms with van der Waals surface area (Å²) in [5, 5.41) is 9.63. The molecule has 1 aliphatic carbocycles. The van der Waals surface area contributed by atoms with E-state index in [0.717, 1.165) is 17.8 Å². The van der Waals surface area contributed by atoms with Gasteiger partial charge < -0.3 is 9.84 Å². The molecule has 0 fully saturated rings. The number of aliphatic hydroxyl groups excluding tert-OH is 1. The van der Waals surface area contributed by atoms with Gasteiger partial charge in [0, 0.05) is 24.3 Å². The first-order chi connectivity index (χ1) is 10.7. The van der Waals surface area contributed by atoms with Crippen molar-refractivity contribution in [1.29, 1.82) is 0 Å². The minimum absolute atomic E-state index is 0.118. The molecular formula is C19H32O3. The van der Waals surface area contributed by atoms with E-state index >= 15 is 0 Å². The van der Waals surface area contributed by atoms with Crippen LogP contribution < -0.4 is 0 Å². The molecule has 0 aromatic heterocycles. The normalized spacial score (nSPS) is 24.5. The smallest absolute Gasteiger partial charge is 0.165 e. The summed E-state index contributed by atoms with van der Waals surface area (Å²) in [6, 6.07) is 0. The number of hydrogen-bond acceptors (Lipinski definition) is 3. The third-order valence-electron chi connectivity index (χ3n) is 4.97. The molecule has 126 valence electrons. The average molecular weight is 308 g/mol. The molecule has 1 N–H and O–H groups in total. The lowest BCUT2D eigenvalue weighted by Crippen LogP contribution is -2.23. The molecule has 0 saturated heterocycles. The summed E-state index contributed by atoms with van der Waals surface area (Å²) in [7, 11) is 0. The van der Waals surface area contributed by atoms with Gasteiger partial charge in [0.25, 0.3) is 0 Å². The number of Topliss-reactive ketones (excluding diaryl/α,β-unsaturated/α-hetero) is 1. The lowest BCUT2D eigenvalue weighted by molar-refractivity contribution is -0.118. The number of unbranched alkanes of at least 4 members (excludes halogenated alkanes) is 8. The maximum Gasteiger partial charge on any atom is 0.165 e. The summed E-state index contributed by atoms with van der Waals surface area (Å²) >= 11 is 0. The maximum atomic E-state index is 12.1. The van der Waals surface area contributed by atoms with Crippen LogP contribution in [-0.4, -0.2) is 23.6 Å². The fourth-order valence-corrected chi connectivity index (χ4v) is 3.68. The summed E-state index contributed by atoms with van der Waals surface area (Å²) in [5.74, 6) is 1.19. The van der Waals surface area contributed by atoms with Gasteiger partial charge in [-0.1, -0.05) is 64.7 Å². The SMILES string of the molecule is CCCCCCCCCCCC1COC2=C1C(=O)CC(O)C2. The van der Waals surface area contributed by atoms with Crippen molar-refractivity contribution < 1.29 is 14.6 Å². The summed E-state index contributed by atoms with van der Waals surface area (Å²) < 4.78 is 5.64. The van der Waals surface area contributed by atoms with Crippen molar-refractivity contribution in [2.45, 2.75) is 90.1 Å². The van der Waals surface area contributed by atoms with Crippen molar-refractivity contribution >= 4 is 5.78 Å². The van der Waals surface area contributed by atoms with Gasteiger partial charge in [-0.05, 0) is 6.42 Å². The molecule has 2 aliphatic rings. The van der Waals surface area contributed by atoms with E-state index in [2.05, 4.69) is 6.92 Å². The molecule has 1 heterocycles. The van der Waals surface area contributed by atoms with Crippen LogP contribution in [0.2, 0.25) is 0 Å². The fraction of sp³-hybridized carbons (Fsp3) is 0.842. The van der Waals surface area contributed by atoms with Crippen molar-refractivity contribution in [2.24, 2.45) is 5.92 Å². The topological polar surface area (TPSA) is 46.5 Å². The molecule has 0 amide bonds. The Balaban J connectivity index is 1.57. The van der Waals surface area contributed by atoms with Crippen LogP contribution in [0.15, 0.2) is 11.3 Å². The van der Waals surface area contributed by atoms with E-state index in [1.54, 1.807) is 0 Å². The van der Waals surface area contributed by atoms with Gasteiger partial charge in [0.05, 0.1) is 12.7 Å². The molecule has 0 radical (unpaired) electrons. The lowest BCUT2D eigenvalue weighted by Gasteiger charge is -2.19. The van der Waals surface area contributed by atoms with E-state index in [9.17, 15) is 9.90 Å². The van der Waals surface area contributed by atoms with E-state index in [0.29, 0.717) is 18.9 Å². The van der Waals surface area contributed by atoms with Gasteiger partial charge in [-0.25, -0.2) is 0 Å². The monoisotopic (exact) mass is 308 g/mol. The number of aliphatic hydroxyl groups is 1. The summed E-state index contributed by atoms with van der Waals surface area (Å²) in [6.07, 6.45) is 13.3. The average Bonchev–Trinajstić information content (AvgIpc) is 2.88. The van der Waals surface area contributed by atoms with Crippen LogP contribution in [0.4, 0.5) is 0 Å². The Hall–Kier alpha value is -0.830. The third kappa shape index (κ3) is 5.12. The number of rotatable bonds is 10. The van der Waals surface area contributed by atoms with Crippen molar-refractivity contribution in [3.05, 3.63) is 11.3 Å². The molecule has 2 atom stereocenters. The minimum atomic E-state index is -0.530. The second-order valence-electron chi connectivity index (χ2n) is 6.95. The van der Waals surface area contributed by atoms with Crippen LogP contribution in [0.25, 0.3) is 0 Å². The molecule has 0 aromatic carbocycles. The van der Waals surface area contributed by atoms with Gasteiger partial charge in [-0.3, -0.25) is 4.79 Å². The minimum Gasteiger partial charge on any atom is -0.497 e. The van der Waals surface area contributed by atoms with Gasteiger partial charge in [-0.15, -0.1) is 0 Å². The van der Waals surface area contributed by atoms with E-state index in [-0.39, 0.29) is 12.2 Å². The number of carbonyl (C=O) groups excluding carboxylic acids is 1. The highest BCUT2D eigenvalue weighted by molar-refractivity contribution is 5.98. The number of hydrogen-bond donors (Lipinski definition) is 1. The lowest BCUT2D eigenvalue weighted by atomic mass is 9.85. The van der Waals surface area contributed by atoms with Crippen LogP contribution in [0.1, 0.15) is 84.0 Å². The number of carbonyl (C=O) groups is 1. The molecule has 1 aliphatic heterocycles. The zero-order chi connectivity index (χ0) is 15.8. The van der Waals surface area contributed by atoms with Gasteiger partial charge >= 0.3 is 0 Å². The van der Waals surface area contributed by atoms with E-state index < -0.39 is 6.10 Å². The first-order valence-electron chi connectivity index (χ1n) is 9.29. The number of ketones is 1. The third-order valence-corrected chi connectivity index (χ3v) is 4.97. The standard InChI is InChI=1S/C19H32O3/c1-2-3-4-5-6-7-8-9-10-11-15-14-22-18-13-16(20)12-17(21)19(15)18/h15-16,20H,2-14H2,1H3. The van der Waals surface area contributed by atoms with E-state index in [1.807, 2.05) is 0 Å². The molecule has 3 nitrogen and oxygen atoms in total. The molecule has 0 bridgehead atoms. The van der Waals surface area contributed by atoms with Crippen molar-refractivity contribution in [3.63, 3.8) is 0 Å². The van der Waals surface area contributed by atoms with E-state index in [1.165, 1.54) is 57.8 Å². The molecule has 2 unspecified atom stereocenters. The first-order valence-corrected chi connectivity index (χ1v) is 9.29. The quantitative estimate of drug-likeness (QED) is 0.603. The molecule has 0 saturated carbocycles. The maximum absolute atomic E-state index is 12.1. The van der Waals surface area contributed by atoms with Crippen molar-refractivity contribution in [2.75, 3.05) is 6.61 Å². The largest absolute Gasteiger partial charge is 0.497 e. The molecule has 3 heteroatoms. The molecular weight excluding hydrogens is 276 g/mol. The predicted molar refractivity (Wildman–Crippen MR) is 88.6 cm³/mol. The Bertz CT molecular complexity index is 386. The molecule has 22 heavy (non-hydrogen) atoms. The van der Waals surface area contributed by atoms with Crippen molar-refractivity contribution in [1.82, 2.24) is 0 Å². The van der Waals surface area contributed by atoms with Gasteiger partial charge in [0.15, 0.2) is 5.78 Å². The molecule has 0 aromatic rings. The fourth-order valence-electron chi connectivity index (χ4n) is 3.68. The highest BCUT2D eigenvalue weighted by Crippen LogP contribution is 2.36. The number of ether oxygens (including phenoxy) is 1. The van der Waals surface area contributed by atoms with Gasteiger partial charge in [-0.2, -0.15) is 0 Å². The summed E-state index contributed by atoms with van der Waals surface area (Å²) in [4.78, 5) is 12.1. The van der Waals surface area contributed by atoms with Crippen molar-refractivity contribution in [3.8, 4) is 0 Å². The highest BCUT2D eigenvalue weighted by atomic mass is 16.5. The van der Waals surface area contributed by atoms with E-state index in [4.69, 9.17) is 4.74 Å². The zero-order valence-corrected chi connectivity index (χ0v) is 14.1. The van der Waals surface area contributed by atoms with Crippen LogP contribution in [0.3, 0.4) is 0 Å². The second kappa shape index (κ2) is 9.34.